The summed E-state index contributed by atoms with van der Waals surface area (Å²) in [5, 5.41) is 9.14. The number of aromatic carboxylic acids is 1. The fourth-order valence-corrected chi connectivity index (χ4v) is 2.51. The Morgan fingerprint density at radius 3 is 2.75 bits per heavy atom. The first-order chi connectivity index (χ1) is 9.29. The molecular formula is C12H11F3N2O2S. The third-order valence-corrected chi connectivity index (χ3v) is 3.48. The van der Waals surface area contributed by atoms with Crippen molar-refractivity contribution in [2.24, 2.45) is 0 Å². The molecule has 4 nitrogen and oxygen atoms in total. The topological polar surface area (TPSA) is 55.1 Å². The number of fused-ring (bicyclic) bond motifs is 1. The molecular weight excluding hydrogens is 293 g/mol. The van der Waals surface area contributed by atoms with Gasteiger partial charge in [-0.05, 0) is 30.8 Å². The molecule has 0 saturated carbocycles. The second kappa shape index (κ2) is 5.35. The van der Waals surface area contributed by atoms with Crippen LogP contribution in [0.1, 0.15) is 16.2 Å². The maximum Gasteiger partial charge on any atom is 0.441 e. The summed E-state index contributed by atoms with van der Waals surface area (Å²) >= 11 is -0.133. The molecule has 0 bridgehead atoms. The van der Waals surface area contributed by atoms with Crippen molar-refractivity contribution in [2.75, 3.05) is 5.75 Å². The van der Waals surface area contributed by atoms with Gasteiger partial charge in [-0.25, -0.2) is 9.78 Å². The lowest BCUT2D eigenvalue weighted by molar-refractivity contribution is -0.0328. The average Bonchev–Trinajstić information content (AvgIpc) is 2.64. The van der Waals surface area contributed by atoms with Gasteiger partial charge < -0.3 is 9.67 Å². The predicted octanol–water partition coefficient (Wildman–Crippen LogP) is 3.30. The van der Waals surface area contributed by atoms with Crippen LogP contribution in [-0.2, 0) is 6.54 Å². The van der Waals surface area contributed by atoms with Crippen LogP contribution in [0.5, 0.6) is 0 Å². The largest absolute Gasteiger partial charge is 0.478 e. The Morgan fingerprint density at radius 2 is 2.15 bits per heavy atom. The molecule has 0 fully saturated rings. The first-order valence-electron chi connectivity index (χ1n) is 5.69. The third kappa shape index (κ3) is 3.06. The van der Waals surface area contributed by atoms with Crippen molar-refractivity contribution in [3.8, 4) is 0 Å². The van der Waals surface area contributed by atoms with Crippen LogP contribution in [0.4, 0.5) is 13.2 Å². The van der Waals surface area contributed by atoms with Gasteiger partial charge in [-0.2, -0.15) is 13.2 Å². The van der Waals surface area contributed by atoms with Gasteiger partial charge in [0.2, 0.25) is 0 Å². The van der Waals surface area contributed by atoms with E-state index in [2.05, 4.69) is 4.98 Å². The number of nitrogens with zero attached hydrogens (tertiary/aromatic N) is 2. The summed E-state index contributed by atoms with van der Waals surface area (Å²) < 4.78 is 38.0. The van der Waals surface area contributed by atoms with E-state index >= 15 is 0 Å². The van der Waals surface area contributed by atoms with Gasteiger partial charge in [-0.15, -0.1) is 0 Å². The van der Waals surface area contributed by atoms with Gasteiger partial charge >= 0.3 is 11.5 Å². The van der Waals surface area contributed by atoms with Crippen LogP contribution in [-0.4, -0.2) is 31.9 Å². The first kappa shape index (κ1) is 14.7. The highest BCUT2D eigenvalue weighted by Gasteiger charge is 2.28. The second-order valence-electron chi connectivity index (χ2n) is 4.08. The maximum atomic E-state index is 12.2. The zero-order valence-electron chi connectivity index (χ0n) is 10.4. The molecule has 0 radical (unpaired) electrons. The van der Waals surface area contributed by atoms with E-state index in [1.807, 2.05) is 0 Å². The summed E-state index contributed by atoms with van der Waals surface area (Å²) in [5.74, 6) is -0.819. The van der Waals surface area contributed by atoms with Gasteiger partial charge in [-0.3, -0.25) is 0 Å². The summed E-state index contributed by atoms with van der Waals surface area (Å²) in [6.45, 7) is 1.70. The summed E-state index contributed by atoms with van der Waals surface area (Å²) in [5.41, 5.74) is -3.42. The molecule has 0 atom stereocenters. The number of aromatic nitrogens is 2. The summed E-state index contributed by atoms with van der Waals surface area (Å²) in [7, 11) is 0. The minimum absolute atomic E-state index is 0.0418. The van der Waals surface area contributed by atoms with Crippen LogP contribution in [0.15, 0.2) is 18.2 Å². The molecule has 20 heavy (non-hydrogen) atoms. The van der Waals surface area contributed by atoms with E-state index in [0.29, 0.717) is 16.9 Å². The van der Waals surface area contributed by atoms with Gasteiger partial charge in [0.25, 0.3) is 0 Å². The number of carboxylic acids is 1. The Kier molecular flexibility index (Phi) is 3.94. The quantitative estimate of drug-likeness (QED) is 0.941. The van der Waals surface area contributed by atoms with Crippen LogP contribution in [0, 0.1) is 6.92 Å². The van der Waals surface area contributed by atoms with Crippen LogP contribution in [0.3, 0.4) is 0 Å². The van der Waals surface area contributed by atoms with Crippen molar-refractivity contribution in [3.63, 3.8) is 0 Å². The van der Waals surface area contributed by atoms with E-state index in [4.69, 9.17) is 5.11 Å². The fourth-order valence-electron chi connectivity index (χ4n) is 2.00. The number of aryl methyl sites for hydroxylation is 2. The molecule has 0 spiro atoms. The number of halogens is 3. The Bertz CT molecular complexity index is 652. The standard InChI is InChI=1S/C12H11F3N2O2S/c1-7-16-9-4-2-3-8(11(18)19)10(9)17(7)5-6-20-12(13,14)15/h2-4H,5-6H2,1H3,(H,18,19). The smallest absolute Gasteiger partial charge is 0.441 e. The molecule has 108 valence electrons. The van der Waals surface area contributed by atoms with E-state index in [-0.39, 0.29) is 29.6 Å². The van der Waals surface area contributed by atoms with Gasteiger partial charge in [0.15, 0.2) is 0 Å². The van der Waals surface area contributed by atoms with Crippen molar-refractivity contribution in [1.82, 2.24) is 9.55 Å². The molecule has 2 rings (SSSR count). The number of thioether (sulfide) groups is 1. The monoisotopic (exact) mass is 304 g/mol. The van der Waals surface area contributed by atoms with Gasteiger partial charge in [0.05, 0.1) is 16.6 Å². The maximum absolute atomic E-state index is 12.2. The summed E-state index contributed by atoms with van der Waals surface area (Å²) in [6.07, 6.45) is 0. The van der Waals surface area contributed by atoms with E-state index in [1.165, 1.54) is 10.6 Å². The lowest BCUT2D eigenvalue weighted by atomic mass is 10.2. The van der Waals surface area contributed by atoms with Gasteiger partial charge in [0.1, 0.15) is 5.82 Å². The van der Waals surface area contributed by atoms with Crippen LogP contribution in [0.2, 0.25) is 0 Å². The van der Waals surface area contributed by atoms with Crippen LogP contribution < -0.4 is 0 Å². The number of benzene rings is 1. The molecule has 1 N–H and O–H groups in total. The van der Waals surface area contributed by atoms with Crippen molar-refractivity contribution >= 4 is 28.8 Å². The Labute approximate surface area is 116 Å². The summed E-state index contributed by atoms with van der Waals surface area (Å²) in [6, 6.07) is 4.62. The highest BCUT2D eigenvalue weighted by molar-refractivity contribution is 8.00. The van der Waals surface area contributed by atoms with E-state index in [1.54, 1.807) is 19.1 Å². The number of rotatable bonds is 4. The molecule has 1 aromatic carbocycles. The average molecular weight is 304 g/mol. The fraction of sp³-hybridized carbons (Fsp3) is 0.333. The third-order valence-electron chi connectivity index (χ3n) is 2.77. The number of alkyl halides is 3. The lowest BCUT2D eigenvalue weighted by Gasteiger charge is -2.09. The SMILES string of the molecule is Cc1nc2cccc(C(=O)O)c2n1CCSC(F)(F)F. The highest BCUT2D eigenvalue weighted by atomic mass is 32.2. The molecule has 2 aromatic rings. The van der Waals surface area contributed by atoms with Crippen molar-refractivity contribution in [1.29, 1.82) is 0 Å². The minimum atomic E-state index is -4.29. The van der Waals surface area contributed by atoms with Crippen molar-refractivity contribution in [2.45, 2.75) is 19.0 Å². The zero-order valence-corrected chi connectivity index (χ0v) is 11.3. The van der Waals surface area contributed by atoms with Gasteiger partial charge in [0, 0.05) is 12.3 Å². The van der Waals surface area contributed by atoms with E-state index in [0.717, 1.165) is 0 Å². The summed E-state index contributed by atoms with van der Waals surface area (Å²) in [4.78, 5) is 15.4. The lowest BCUT2D eigenvalue weighted by Crippen LogP contribution is -2.10. The predicted molar refractivity (Wildman–Crippen MR) is 69.9 cm³/mol. The molecule has 0 amide bonds. The number of hydrogen-bond acceptors (Lipinski definition) is 3. The van der Waals surface area contributed by atoms with Crippen LogP contribution in [0.25, 0.3) is 11.0 Å². The molecule has 1 heterocycles. The molecule has 1 aromatic heterocycles. The van der Waals surface area contributed by atoms with Gasteiger partial charge in [-0.1, -0.05) is 6.07 Å². The minimum Gasteiger partial charge on any atom is -0.478 e. The zero-order chi connectivity index (χ0) is 14.9. The number of carboxylic acid groups (broad SMARTS) is 1. The van der Waals surface area contributed by atoms with Crippen molar-refractivity contribution in [3.05, 3.63) is 29.6 Å². The Balaban J connectivity index is 2.37. The molecule has 0 aliphatic heterocycles. The Morgan fingerprint density at radius 1 is 1.45 bits per heavy atom. The number of carbonyl (C=O) groups is 1. The number of para-hydroxylation sites is 1. The van der Waals surface area contributed by atoms with E-state index < -0.39 is 11.5 Å². The van der Waals surface area contributed by atoms with E-state index in [9.17, 15) is 18.0 Å². The second-order valence-corrected chi connectivity index (χ2v) is 5.24. The first-order valence-corrected chi connectivity index (χ1v) is 6.68. The molecule has 0 unspecified atom stereocenters. The Hall–Kier alpha value is -1.70. The normalized spacial score (nSPS) is 12.0. The molecule has 0 saturated heterocycles. The van der Waals surface area contributed by atoms with Crippen molar-refractivity contribution < 1.29 is 23.1 Å². The highest BCUT2D eigenvalue weighted by Crippen LogP contribution is 2.30. The molecule has 0 aliphatic rings. The number of imidazole rings is 1. The number of hydrogen-bond donors (Lipinski definition) is 1. The molecule has 8 heteroatoms. The molecule has 0 aliphatic carbocycles. The van der Waals surface area contributed by atoms with Crippen LogP contribution >= 0.6 is 11.8 Å².